The molecule has 2 rings (SSSR count). The maximum atomic E-state index is 11.6. The summed E-state index contributed by atoms with van der Waals surface area (Å²) in [6.45, 7) is 1.06. The lowest BCUT2D eigenvalue weighted by atomic mass is 9.68. The van der Waals surface area contributed by atoms with E-state index in [-0.39, 0.29) is 11.3 Å². The molecular formula is C11H20N2O. The fourth-order valence-electron chi connectivity index (χ4n) is 3.11. The lowest BCUT2D eigenvalue weighted by Crippen LogP contribution is -2.51. The number of primary amides is 1. The zero-order chi connectivity index (χ0) is 10.0. The number of rotatable bonds is 2. The number of nitrogens with one attached hydrogen (secondary N) is 1. The minimum Gasteiger partial charge on any atom is -0.369 e. The average molecular weight is 196 g/mol. The molecule has 1 aliphatic heterocycles. The van der Waals surface area contributed by atoms with E-state index in [1.165, 1.54) is 25.7 Å². The summed E-state index contributed by atoms with van der Waals surface area (Å²) in [5.41, 5.74) is 5.39. The van der Waals surface area contributed by atoms with Crippen LogP contribution in [0.15, 0.2) is 0 Å². The minimum absolute atomic E-state index is 0.0726. The molecule has 2 fully saturated rings. The van der Waals surface area contributed by atoms with Crippen LogP contribution in [0.25, 0.3) is 0 Å². The summed E-state index contributed by atoms with van der Waals surface area (Å²) in [6, 6.07) is 0.361. The Balaban J connectivity index is 2.15. The largest absolute Gasteiger partial charge is 0.369 e. The van der Waals surface area contributed by atoms with Crippen LogP contribution in [0.2, 0.25) is 0 Å². The second kappa shape index (κ2) is 3.89. The Morgan fingerprint density at radius 1 is 1.21 bits per heavy atom. The molecule has 3 N–H and O–H groups in total. The van der Waals surface area contributed by atoms with Gasteiger partial charge < -0.3 is 11.1 Å². The number of hydrogen-bond donors (Lipinski definition) is 2. The number of nitrogens with two attached hydrogens (primary N) is 1. The van der Waals surface area contributed by atoms with Crippen LogP contribution in [0.5, 0.6) is 0 Å². The van der Waals surface area contributed by atoms with Crippen molar-refractivity contribution < 1.29 is 4.79 Å². The smallest absolute Gasteiger partial charge is 0.225 e. The van der Waals surface area contributed by atoms with E-state index in [1.807, 2.05) is 0 Å². The van der Waals surface area contributed by atoms with Gasteiger partial charge in [0.05, 0.1) is 5.41 Å². The van der Waals surface area contributed by atoms with Gasteiger partial charge in [0.25, 0.3) is 0 Å². The Morgan fingerprint density at radius 2 is 1.93 bits per heavy atom. The standard InChI is InChI=1S/C11H20N2O/c12-10(14)11(6-2-1-3-7-11)9-5-4-8-13-9/h9,13H,1-8H2,(H2,12,14). The summed E-state index contributed by atoms with van der Waals surface area (Å²) in [5.74, 6) is -0.0726. The zero-order valence-corrected chi connectivity index (χ0v) is 8.72. The van der Waals surface area contributed by atoms with E-state index < -0.39 is 0 Å². The highest BCUT2D eigenvalue weighted by molar-refractivity contribution is 5.81. The van der Waals surface area contributed by atoms with Crippen molar-refractivity contribution in [3.05, 3.63) is 0 Å². The third kappa shape index (κ3) is 1.54. The molecule has 0 spiro atoms. The number of amides is 1. The van der Waals surface area contributed by atoms with Crippen molar-refractivity contribution in [1.82, 2.24) is 5.32 Å². The SMILES string of the molecule is NC(=O)C1(C2CCCN2)CCCCC1. The van der Waals surface area contributed by atoms with Gasteiger partial charge in [-0.3, -0.25) is 4.79 Å². The highest BCUT2D eigenvalue weighted by atomic mass is 16.1. The number of carbonyl (C=O) groups is 1. The summed E-state index contributed by atoms with van der Waals surface area (Å²) >= 11 is 0. The molecular weight excluding hydrogens is 176 g/mol. The molecule has 1 heterocycles. The Labute approximate surface area is 85.4 Å². The van der Waals surface area contributed by atoms with Crippen LogP contribution in [0, 0.1) is 5.41 Å². The molecule has 0 bridgehead atoms. The number of hydrogen-bond acceptors (Lipinski definition) is 2. The van der Waals surface area contributed by atoms with Gasteiger partial charge >= 0.3 is 0 Å². The number of carbonyl (C=O) groups excluding carboxylic acids is 1. The molecule has 1 atom stereocenters. The molecule has 0 aromatic rings. The van der Waals surface area contributed by atoms with E-state index in [9.17, 15) is 4.79 Å². The van der Waals surface area contributed by atoms with Crippen molar-refractivity contribution in [2.45, 2.75) is 51.0 Å². The van der Waals surface area contributed by atoms with E-state index in [2.05, 4.69) is 5.32 Å². The van der Waals surface area contributed by atoms with Gasteiger partial charge in [0, 0.05) is 6.04 Å². The van der Waals surface area contributed by atoms with Crippen molar-refractivity contribution in [2.75, 3.05) is 6.54 Å². The van der Waals surface area contributed by atoms with E-state index in [0.717, 1.165) is 25.8 Å². The second-order valence-corrected chi connectivity index (χ2v) is 4.73. The first-order valence-corrected chi connectivity index (χ1v) is 5.79. The van der Waals surface area contributed by atoms with E-state index in [1.54, 1.807) is 0 Å². The Hall–Kier alpha value is -0.570. The van der Waals surface area contributed by atoms with Crippen molar-refractivity contribution in [3.8, 4) is 0 Å². The molecule has 1 saturated heterocycles. The molecule has 1 aliphatic carbocycles. The molecule has 80 valence electrons. The lowest BCUT2D eigenvalue weighted by Gasteiger charge is -2.39. The van der Waals surface area contributed by atoms with Crippen molar-refractivity contribution in [3.63, 3.8) is 0 Å². The van der Waals surface area contributed by atoms with Gasteiger partial charge in [-0.1, -0.05) is 19.3 Å². The molecule has 1 amide bonds. The predicted octanol–water partition coefficient (Wildman–Crippen LogP) is 1.17. The predicted molar refractivity (Wildman–Crippen MR) is 55.7 cm³/mol. The maximum absolute atomic E-state index is 11.6. The van der Waals surface area contributed by atoms with E-state index >= 15 is 0 Å². The van der Waals surface area contributed by atoms with Crippen molar-refractivity contribution in [2.24, 2.45) is 11.1 Å². The van der Waals surface area contributed by atoms with Crippen LogP contribution in [-0.2, 0) is 4.79 Å². The van der Waals surface area contributed by atoms with Gasteiger partial charge in [-0.05, 0) is 32.2 Å². The molecule has 3 nitrogen and oxygen atoms in total. The molecule has 0 aromatic heterocycles. The van der Waals surface area contributed by atoms with Crippen LogP contribution >= 0.6 is 0 Å². The Kier molecular flexibility index (Phi) is 2.77. The first-order valence-electron chi connectivity index (χ1n) is 5.79. The molecule has 2 aliphatic rings. The monoisotopic (exact) mass is 196 g/mol. The van der Waals surface area contributed by atoms with Crippen LogP contribution in [0.4, 0.5) is 0 Å². The van der Waals surface area contributed by atoms with Gasteiger partial charge in [-0.2, -0.15) is 0 Å². The molecule has 1 unspecified atom stereocenters. The van der Waals surface area contributed by atoms with Crippen LogP contribution in [-0.4, -0.2) is 18.5 Å². The first-order chi connectivity index (χ1) is 6.76. The normalized spacial score (nSPS) is 31.6. The first kappa shape index (κ1) is 9.97. The average Bonchev–Trinajstić information content (AvgIpc) is 2.72. The minimum atomic E-state index is -0.214. The summed E-state index contributed by atoms with van der Waals surface area (Å²) in [6.07, 6.45) is 7.92. The van der Waals surface area contributed by atoms with Gasteiger partial charge in [0.15, 0.2) is 0 Å². The van der Waals surface area contributed by atoms with Gasteiger partial charge in [-0.25, -0.2) is 0 Å². The summed E-state index contributed by atoms with van der Waals surface area (Å²) in [5, 5.41) is 3.45. The Bertz CT molecular complexity index is 215. The third-order valence-corrected chi connectivity index (χ3v) is 3.96. The fraction of sp³-hybridized carbons (Fsp3) is 0.909. The van der Waals surface area contributed by atoms with Gasteiger partial charge in [0.2, 0.25) is 5.91 Å². The summed E-state index contributed by atoms with van der Waals surface area (Å²) < 4.78 is 0. The summed E-state index contributed by atoms with van der Waals surface area (Å²) in [4.78, 5) is 11.6. The van der Waals surface area contributed by atoms with Crippen LogP contribution in [0.3, 0.4) is 0 Å². The molecule has 1 saturated carbocycles. The van der Waals surface area contributed by atoms with Crippen LogP contribution < -0.4 is 11.1 Å². The van der Waals surface area contributed by atoms with E-state index in [4.69, 9.17) is 5.73 Å². The zero-order valence-electron chi connectivity index (χ0n) is 8.72. The lowest BCUT2D eigenvalue weighted by molar-refractivity contribution is -0.131. The third-order valence-electron chi connectivity index (χ3n) is 3.96. The molecule has 3 heteroatoms. The van der Waals surface area contributed by atoms with Crippen LogP contribution in [0.1, 0.15) is 44.9 Å². The van der Waals surface area contributed by atoms with Gasteiger partial charge in [-0.15, -0.1) is 0 Å². The van der Waals surface area contributed by atoms with Crippen molar-refractivity contribution >= 4 is 5.91 Å². The summed E-state index contributed by atoms with van der Waals surface area (Å²) in [7, 11) is 0. The maximum Gasteiger partial charge on any atom is 0.225 e. The molecule has 0 radical (unpaired) electrons. The molecule has 0 aromatic carbocycles. The van der Waals surface area contributed by atoms with Crippen molar-refractivity contribution in [1.29, 1.82) is 0 Å². The Morgan fingerprint density at radius 3 is 2.43 bits per heavy atom. The topological polar surface area (TPSA) is 55.1 Å². The second-order valence-electron chi connectivity index (χ2n) is 4.73. The fourth-order valence-corrected chi connectivity index (χ4v) is 3.11. The highest BCUT2D eigenvalue weighted by Gasteiger charge is 2.45. The van der Waals surface area contributed by atoms with E-state index in [0.29, 0.717) is 6.04 Å². The molecule has 14 heavy (non-hydrogen) atoms. The van der Waals surface area contributed by atoms with Gasteiger partial charge in [0.1, 0.15) is 0 Å². The quantitative estimate of drug-likeness (QED) is 0.696. The highest BCUT2D eigenvalue weighted by Crippen LogP contribution is 2.41.